The first-order valence-corrected chi connectivity index (χ1v) is 15.5. The van der Waals surface area contributed by atoms with Crippen LogP contribution in [0.1, 0.15) is 46.1 Å². The zero-order valence-corrected chi connectivity index (χ0v) is 26.9. The summed E-state index contributed by atoms with van der Waals surface area (Å²) in [5, 5.41) is 16.8. The number of hydrogen-bond donors (Lipinski definition) is 3. The van der Waals surface area contributed by atoms with Gasteiger partial charge in [0, 0.05) is 49.9 Å². The van der Waals surface area contributed by atoms with E-state index in [0.717, 1.165) is 28.0 Å². The first-order chi connectivity index (χ1) is 20.9. The second-order valence-electron chi connectivity index (χ2n) is 11.9. The quantitative estimate of drug-likeness (QED) is 0.151. The van der Waals surface area contributed by atoms with Gasteiger partial charge < -0.3 is 25.2 Å². The summed E-state index contributed by atoms with van der Waals surface area (Å²) in [7, 11) is 1.55. The van der Waals surface area contributed by atoms with Gasteiger partial charge in [-0.2, -0.15) is 0 Å². The molecule has 1 saturated carbocycles. The first-order valence-electron chi connectivity index (χ1n) is 14.3. The summed E-state index contributed by atoms with van der Waals surface area (Å²) in [4.78, 5) is 23.8. The maximum absolute atomic E-state index is 15.0. The Balaban J connectivity index is 1.39. The number of carbonyl (C=O) groups is 1. The number of halogens is 1. The molecule has 1 atom stereocenters. The molecular weight excluding hydrogens is 602 g/mol. The van der Waals surface area contributed by atoms with Crippen LogP contribution in [0.3, 0.4) is 0 Å². The van der Waals surface area contributed by atoms with Gasteiger partial charge in [0.25, 0.3) is 0 Å². The van der Waals surface area contributed by atoms with Crippen molar-refractivity contribution in [3.63, 3.8) is 0 Å². The third kappa shape index (κ3) is 6.62. The van der Waals surface area contributed by atoms with Crippen LogP contribution >= 0.6 is 23.6 Å². The minimum atomic E-state index is -1.02. The predicted octanol–water partition coefficient (Wildman–Crippen LogP) is 7.63. The molecule has 232 valence electrons. The standard InChI is InChI=1S/C32H36FN5O4S2/c1-31(2,3)32(4,38(30(39)40)14-15-41-5)19-6-10-23(35-18-19)27-17-24-28(44-27)26(12-13-34-24)42-25-11-9-21(16-22(25)33)37-29(43)36-20-7-8-20/h6,9-13,16-18,20H,7-8,14-15H2,1-5H3,(H,39,40)(H2,36,37,43). The van der Waals surface area contributed by atoms with Gasteiger partial charge in [-0.05, 0) is 67.2 Å². The number of nitrogens with zero attached hydrogens (tertiary/aromatic N) is 3. The molecule has 44 heavy (non-hydrogen) atoms. The smallest absolute Gasteiger partial charge is 0.408 e. The van der Waals surface area contributed by atoms with Crippen molar-refractivity contribution in [3.05, 3.63) is 66.2 Å². The van der Waals surface area contributed by atoms with Crippen molar-refractivity contribution >= 4 is 50.7 Å². The van der Waals surface area contributed by atoms with E-state index in [1.54, 1.807) is 37.7 Å². The molecule has 3 N–H and O–H groups in total. The maximum atomic E-state index is 15.0. The largest absolute Gasteiger partial charge is 0.465 e. The first kappa shape index (κ1) is 31.6. The van der Waals surface area contributed by atoms with Crippen LogP contribution in [-0.2, 0) is 10.3 Å². The molecule has 5 rings (SSSR count). The van der Waals surface area contributed by atoms with E-state index < -0.39 is 22.9 Å². The molecular formula is C32H36FN5O4S2. The summed E-state index contributed by atoms with van der Waals surface area (Å²) in [6.45, 7) is 8.45. The van der Waals surface area contributed by atoms with Gasteiger partial charge in [-0.3, -0.25) is 14.9 Å². The Morgan fingerprint density at radius 2 is 1.91 bits per heavy atom. The number of nitrogens with one attached hydrogen (secondary N) is 2. The summed E-state index contributed by atoms with van der Waals surface area (Å²) in [5.74, 6) is 0.0365. The SMILES string of the molecule is COCCN(C(=O)O)C(C)(c1ccc(-c2cc3nccc(Oc4ccc(NC(=S)NC5CC5)cc4F)c3s2)nc1)C(C)(C)C. The number of anilines is 1. The number of ether oxygens (including phenoxy) is 2. The summed E-state index contributed by atoms with van der Waals surface area (Å²) in [6.07, 6.45) is 4.51. The summed E-state index contributed by atoms with van der Waals surface area (Å²) >= 11 is 6.73. The summed E-state index contributed by atoms with van der Waals surface area (Å²) < 4.78 is 27.0. The maximum Gasteiger partial charge on any atom is 0.408 e. The van der Waals surface area contributed by atoms with Crippen molar-refractivity contribution in [3.8, 4) is 22.1 Å². The number of amides is 1. The Labute approximate surface area is 265 Å². The van der Waals surface area contributed by atoms with E-state index in [4.69, 9.17) is 26.7 Å². The number of methoxy groups -OCH3 is 1. The van der Waals surface area contributed by atoms with Crippen molar-refractivity contribution in [2.24, 2.45) is 5.41 Å². The lowest BCUT2D eigenvalue weighted by atomic mass is 9.70. The third-order valence-electron chi connectivity index (χ3n) is 8.03. The molecule has 0 aliphatic heterocycles. The lowest BCUT2D eigenvalue weighted by molar-refractivity contribution is -0.00196. The second-order valence-corrected chi connectivity index (χ2v) is 13.4. The van der Waals surface area contributed by atoms with Gasteiger partial charge in [0.15, 0.2) is 16.7 Å². The highest BCUT2D eigenvalue weighted by atomic mass is 32.1. The van der Waals surface area contributed by atoms with Crippen molar-refractivity contribution in [1.29, 1.82) is 0 Å². The summed E-state index contributed by atoms with van der Waals surface area (Å²) in [5.41, 5.74) is 1.38. The number of thiophene rings is 1. The minimum Gasteiger partial charge on any atom is -0.465 e. The average Bonchev–Trinajstić information content (AvgIpc) is 3.67. The highest BCUT2D eigenvalue weighted by Crippen LogP contribution is 2.45. The van der Waals surface area contributed by atoms with Crippen molar-refractivity contribution in [2.45, 2.75) is 52.1 Å². The van der Waals surface area contributed by atoms with Crippen LogP contribution in [0.5, 0.6) is 11.5 Å². The monoisotopic (exact) mass is 637 g/mol. The predicted molar refractivity (Wildman–Crippen MR) is 175 cm³/mol. The number of aromatic nitrogens is 2. The highest BCUT2D eigenvalue weighted by Gasteiger charge is 2.46. The zero-order valence-electron chi connectivity index (χ0n) is 25.3. The third-order valence-corrected chi connectivity index (χ3v) is 9.41. The molecule has 0 bridgehead atoms. The topological polar surface area (TPSA) is 109 Å². The second kappa shape index (κ2) is 12.6. The molecule has 1 amide bonds. The van der Waals surface area contributed by atoms with Gasteiger partial charge in [0.1, 0.15) is 5.75 Å². The van der Waals surface area contributed by atoms with E-state index in [0.29, 0.717) is 33.8 Å². The van der Waals surface area contributed by atoms with Crippen LogP contribution in [0.25, 0.3) is 20.8 Å². The Morgan fingerprint density at radius 3 is 2.52 bits per heavy atom. The Bertz CT molecular complexity index is 1670. The van der Waals surface area contributed by atoms with Crippen molar-refractivity contribution < 1.29 is 23.8 Å². The number of thiocarbonyl (C=S) groups is 1. The molecule has 4 aromatic rings. The van der Waals surface area contributed by atoms with Gasteiger partial charge >= 0.3 is 6.09 Å². The number of carboxylic acid groups (broad SMARTS) is 1. The fraction of sp³-hybridized carbons (Fsp3) is 0.375. The molecule has 0 spiro atoms. The Kier molecular flexibility index (Phi) is 9.05. The van der Waals surface area contributed by atoms with E-state index >= 15 is 4.39 Å². The summed E-state index contributed by atoms with van der Waals surface area (Å²) in [6, 6.07) is 12.5. The van der Waals surface area contributed by atoms with Crippen LogP contribution in [-0.4, -0.2) is 57.5 Å². The Morgan fingerprint density at radius 1 is 1.14 bits per heavy atom. The highest BCUT2D eigenvalue weighted by molar-refractivity contribution is 7.80. The molecule has 12 heteroatoms. The molecule has 1 unspecified atom stereocenters. The number of pyridine rings is 2. The lowest BCUT2D eigenvalue weighted by Crippen LogP contribution is -2.55. The fourth-order valence-electron chi connectivity index (χ4n) is 5.00. The van der Waals surface area contributed by atoms with Crippen molar-refractivity contribution in [1.82, 2.24) is 20.2 Å². The van der Waals surface area contributed by atoms with E-state index in [-0.39, 0.29) is 18.9 Å². The minimum absolute atomic E-state index is 0.0828. The number of rotatable bonds is 10. The van der Waals surface area contributed by atoms with Crippen LogP contribution < -0.4 is 15.4 Å². The van der Waals surface area contributed by atoms with Gasteiger partial charge in [0.2, 0.25) is 0 Å². The molecule has 1 aromatic carbocycles. The van der Waals surface area contributed by atoms with Gasteiger partial charge in [-0.1, -0.05) is 26.8 Å². The van der Waals surface area contributed by atoms with Crippen LogP contribution in [0, 0.1) is 11.2 Å². The van der Waals surface area contributed by atoms with E-state index in [2.05, 4.69) is 15.6 Å². The van der Waals surface area contributed by atoms with Crippen LogP contribution in [0.15, 0.2) is 54.9 Å². The normalized spacial score (nSPS) is 14.6. The lowest BCUT2D eigenvalue weighted by Gasteiger charge is -2.49. The number of benzene rings is 1. The van der Waals surface area contributed by atoms with Gasteiger partial charge in [-0.25, -0.2) is 9.18 Å². The van der Waals surface area contributed by atoms with E-state index in [1.165, 1.54) is 22.3 Å². The zero-order chi connectivity index (χ0) is 31.6. The fourth-order valence-corrected chi connectivity index (χ4v) is 6.32. The van der Waals surface area contributed by atoms with Crippen LogP contribution in [0.2, 0.25) is 0 Å². The number of hydrogen-bond acceptors (Lipinski definition) is 7. The molecule has 1 aliphatic carbocycles. The van der Waals surface area contributed by atoms with Crippen LogP contribution in [0.4, 0.5) is 14.9 Å². The molecule has 0 radical (unpaired) electrons. The molecule has 0 saturated heterocycles. The average molecular weight is 638 g/mol. The molecule has 3 aromatic heterocycles. The number of fused-ring (bicyclic) bond motifs is 1. The Hall–Kier alpha value is -3.87. The van der Waals surface area contributed by atoms with Crippen molar-refractivity contribution in [2.75, 3.05) is 25.6 Å². The van der Waals surface area contributed by atoms with Gasteiger partial charge in [0.05, 0.1) is 32.9 Å². The molecule has 1 aliphatic rings. The molecule has 9 nitrogen and oxygen atoms in total. The molecule has 1 fully saturated rings. The van der Waals surface area contributed by atoms with E-state index in [9.17, 15) is 9.90 Å². The molecule has 3 heterocycles. The van der Waals surface area contributed by atoms with E-state index in [1.807, 2.05) is 45.9 Å². The van der Waals surface area contributed by atoms with Gasteiger partial charge in [-0.15, -0.1) is 11.3 Å².